The summed E-state index contributed by atoms with van der Waals surface area (Å²) >= 11 is 0. The van der Waals surface area contributed by atoms with Gasteiger partial charge in [0, 0.05) is 24.7 Å². The molecule has 0 rings (SSSR count). The molecular weight excluding hydrogens is 224 g/mol. The molecule has 5 heteroatoms. The Labute approximate surface area is 101 Å². The lowest BCUT2D eigenvalue weighted by atomic mass is 10.2. The standard InChI is InChI=1S/C7H12O2.C5H8O3/c1-3-5-6-9-7(8)4-2;1-4(2-3-6)5(7)8/h4H,2-3,5-6H2,1H3;6H,1-3H2,(H,7,8). The van der Waals surface area contributed by atoms with Gasteiger partial charge in [0.25, 0.3) is 0 Å². The second-order valence-electron chi connectivity index (χ2n) is 3.11. The first-order chi connectivity index (χ1) is 7.99. The summed E-state index contributed by atoms with van der Waals surface area (Å²) in [6.45, 7) is 8.86. The third-order valence-corrected chi connectivity index (χ3v) is 1.62. The van der Waals surface area contributed by atoms with E-state index in [1.807, 2.05) is 6.92 Å². The van der Waals surface area contributed by atoms with E-state index in [-0.39, 0.29) is 24.6 Å². The second-order valence-corrected chi connectivity index (χ2v) is 3.11. The molecule has 0 aromatic carbocycles. The minimum atomic E-state index is -1.04. The van der Waals surface area contributed by atoms with Crippen molar-refractivity contribution in [1.82, 2.24) is 0 Å². The molecule has 0 spiro atoms. The maximum atomic E-state index is 10.3. The van der Waals surface area contributed by atoms with Crippen LogP contribution in [-0.2, 0) is 14.3 Å². The molecule has 98 valence electrons. The van der Waals surface area contributed by atoms with Crippen LogP contribution in [0.2, 0.25) is 0 Å². The molecule has 0 radical (unpaired) electrons. The molecule has 0 bridgehead atoms. The normalized spacial score (nSPS) is 8.59. The van der Waals surface area contributed by atoms with Gasteiger partial charge in [-0.05, 0) is 6.42 Å². The number of aliphatic hydroxyl groups is 1. The monoisotopic (exact) mass is 244 g/mol. The Morgan fingerprint density at radius 2 is 2.00 bits per heavy atom. The molecule has 0 aromatic rings. The molecule has 0 aromatic heterocycles. The van der Waals surface area contributed by atoms with E-state index < -0.39 is 5.97 Å². The summed E-state index contributed by atoms with van der Waals surface area (Å²) in [5, 5.41) is 16.3. The molecule has 0 aliphatic heterocycles. The lowest BCUT2D eigenvalue weighted by Gasteiger charge is -1.97. The molecule has 0 fully saturated rings. The summed E-state index contributed by atoms with van der Waals surface area (Å²) in [5.74, 6) is -1.37. The van der Waals surface area contributed by atoms with E-state index in [9.17, 15) is 9.59 Å². The first-order valence-electron chi connectivity index (χ1n) is 5.30. The predicted molar refractivity (Wildman–Crippen MR) is 64.5 cm³/mol. The van der Waals surface area contributed by atoms with Crippen molar-refractivity contribution in [2.45, 2.75) is 26.2 Å². The Morgan fingerprint density at radius 1 is 1.41 bits per heavy atom. The quantitative estimate of drug-likeness (QED) is 0.403. The van der Waals surface area contributed by atoms with Gasteiger partial charge in [-0.25, -0.2) is 9.59 Å². The Balaban J connectivity index is 0. The van der Waals surface area contributed by atoms with Crippen molar-refractivity contribution in [2.75, 3.05) is 13.2 Å². The first kappa shape index (κ1) is 17.8. The predicted octanol–water partition coefficient (Wildman–Crippen LogP) is 1.53. The fraction of sp³-hybridized carbons (Fsp3) is 0.500. The lowest BCUT2D eigenvalue weighted by Crippen LogP contribution is -2.00. The van der Waals surface area contributed by atoms with Crippen molar-refractivity contribution < 1.29 is 24.5 Å². The van der Waals surface area contributed by atoms with Gasteiger partial charge in [-0.2, -0.15) is 0 Å². The third kappa shape index (κ3) is 14.4. The van der Waals surface area contributed by atoms with Crippen LogP contribution in [0.25, 0.3) is 0 Å². The summed E-state index contributed by atoms with van der Waals surface area (Å²) < 4.78 is 4.67. The summed E-state index contributed by atoms with van der Waals surface area (Å²) in [6.07, 6.45) is 3.30. The fourth-order valence-corrected chi connectivity index (χ4v) is 0.618. The second kappa shape index (κ2) is 12.4. The highest BCUT2D eigenvalue weighted by Gasteiger charge is 2.00. The van der Waals surface area contributed by atoms with Gasteiger partial charge in [0.1, 0.15) is 0 Å². The van der Waals surface area contributed by atoms with Crippen molar-refractivity contribution >= 4 is 11.9 Å². The minimum Gasteiger partial charge on any atom is -0.478 e. The van der Waals surface area contributed by atoms with Gasteiger partial charge in [-0.1, -0.05) is 26.5 Å². The van der Waals surface area contributed by atoms with Gasteiger partial charge < -0.3 is 14.9 Å². The van der Waals surface area contributed by atoms with Gasteiger partial charge in [0.05, 0.1) is 6.61 Å². The molecule has 0 saturated heterocycles. The Kier molecular flexibility index (Phi) is 13.0. The smallest absolute Gasteiger partial charge is 0.331 e. The van der Waals surface area contributed by atoms with Crippen LogP contribution in [0.15, 0.2) is 24.8 Å². The molecular formula is C12H20O5. The van der Waals surface area contributed by atoms with E-state index in [0.717, 1.165) is 12.8 Å². The van der Waals surface area contributed by atoms with E-state index >= 15 is 0 Å². The molecule has 0 atom stereocenters. The number of ether oxygens (including phenoxy) is 1. The molecule has 0 amide bonds. The van der Waals surface area contributed by atoms with Crippen molar-refractivity contribution in [3.05, 3.63) is 24.8 Å². The number of hydrogen-bond acceptors (Lipinski definition) is 4. The number of aliphatic carboxylic acids is 1. The van der Waals surface area contributed by atoms with E-state index in [1.54, 1.807) is 0 Å². The van der Waals surface area contributed by atoms with E-state index in [4.69, 9.17) is 10.2 Å². The number of carboxylic acids is 1. The molecule has 0 aliphatic carbocycles. The van der Waals surface area contributed by atoms with Gasteiger partial charge in [0.2, 0.25) is 0 Å². The van der Waals surface area contributed by atoms with Crippen LogP contribution in [0.4, 0.5) is 0 Å². The number of unbranched alkanes of at least 4 members (excludes halogenated alkanes) is 1. The molecule has 0 unspecified atom stereocenters. The highest BCUT2D eigenvalue weighted by molar-refractivity contribution is 5.85. The number of hydrogen-bond donors (Lipinski definition) is 2. The van der Waals surface area contributed by atoms with Crippen molar-refractivity contribution in [1.29, 1.82) is 0 Å². The van der Waals surface area contributed by atoms with Crippen LogP contribution >= 0.6 is 0 Å². The topological polar surface area (TPSA) is 83.8 Å². The van der Waals surface area contributed by atoms with Crippen molar-refractivity contribution in [2.24, 2.45) is 0 Å². The number of carbonyl (C=O) groups excluding carboxylic acids is 1. The van der Waals surface area contributed by atoms with E-state index in [2.05, 4.69) is 17.9 Å². The van der Waals surface area contributed by atoms with Crippen molar-refractivity contribution in [3.63, 3.8) is 0 Å². The molecule has 5 nitrogen and oxygen atoms in total. The molecule has 17 heavy (non-hydrogen) atoms. The highest BCUT2D eigenvalue weighted by atomic mass is 16.5. The van der Waals surface area contributed by atoms with Crippen LogP contribution in [0.5, 0.6) is 0 Å². The summed E-state index contributed by atoms with van der Waals surface area (Å²) in [7, 11) is 0. The number of carbonyl (C=O) groups is 2. The minimum absolute atomic E-state index is 0.0486. The van der Waals surface area contributed by atoms with Crippen molar-refractivity contribution in [3.8, 4) is 0 Å². The highest BCUT2D eigenvalue weighted by Crippen LogP contribution is 1.94. The zero-order valence-electron chi connectivity index (χ0n) is 10.1. The van der Waals surface area contributed by atoms with E-state index in [1.165, 1.54) is 6.08 Å². The number of aliphatic hydroxyl groups excluding tert-OH is 1. The van der Waals surface area contributed by atoms with Crippen LogP contribution in [0, 0.1) is 0 Å². The third-order valence-electron chi connectivity index (χ3n) is 1.62. The average molecular weight is 244 g/mol. The summed E-state index contributed by atoms with van der Waals surface area (Å²) in [5.41, 5.74) is 0.0486. The van der Waals surface area contributed by atoms with Gasteiger partial charge >= 0.3 is 11.9 Å². The number of esters is 1. The largest absolute Gasteiger partial charge is 0.478 e. The van der Waals surface area contributed by atoms with Crippen LogP contribution in [-0.4, -0.2) is 35.4 Å². The summed E-state index contributed by atoms with van der Waals surface area (Å²) in [6, 6.07) is 0. The summed E-state index contributed by atoms with van der Waals surface area (Å²) in [4.78, 5) is 20.2. The molecule has 0 aliphatic rings. The lowest BCUT2D eigenvalue weighted by molar-refractivity contribution is -0.138. The van der Waals surface area contributed by atoms with Crippen LogP contribution < -0.4 is 0 Å². The zero-order chi connectivity index (χ0) is 13.7. The maximum absolute atomic E-state index is 10.3. The van der Waals surface area contributed by atoms with Crippen LogP contribution in [0.3, 0.4) is 0 Å². The number of rotatable bonds is 7. The van der Waals surface area contributed by atoms with E-state index in [0.29, 0.717) is 6.61 Å². The molecule has 2 N–H and O–H groups in total. The Hall–Kier alpha value is -1.62. The maximum Gasteiger partial charge on any atom is 0.331 e. The zero-order valence-corrected chi connectivity index (χ0v) is 10.1. The molecule has 0 saturated carbocycles. The Morgan fingerprint density at radius 3 is 2.29 bits per heavy atom. The first-order valence-corrected chi connectivity index (χ1v) is 5.30. The fourth-order valence-electron chi connectivity index (χ4n) is 0.618. The van der Waals surface area contributed by atoms with Crippen LogP contribution in [0.1, 0.15) is 26.2 Å². The van der Waals surface area contributed by atoms with Gasteiger partial charge in [-0.15, -0.1) is 0 Å². The van der Waals surface area contributed by atoms with Gasteiger partial charge in [0.15, 0.2) is 0 Å². The van der Waals surface area contributed by atoms with Gasteiger partial charge in [-0.3, -0.25) is 0 Å². The molecule has 0 heterocycles. The Bertz CT molecular complexity index is 258. The number of carboxylic acid groups (broad SMARTS) is 1. The average Bonchev–Trinajstić information content (AvgIpc) is 2.30. The SMILES string of the molecule is C=C(CCO)C(=O)O.C=CC(=O)OCCCC.